The first-order chi connectivity index (χ1) is 8.20. The van der Waals surface area contributed by atoms with E-state index in [0.29, 0.717) is 0 Å². The summed E-state index contributed by atoms with van der Waals surface area (Å²) in [5.41, 5.74) is 0.337. The van der Waals surface area contributed by atoms with Crippen molar-refractivity contribution in [2.75, 3.05) is 0 Å². The maximum atomic E-state index is 11.8. The fourth-order valence-corrected chi connectivity index (χ4v) is 1.69. The second-order valence-corrected chi connectivity index (χ2v) is 6.10. The maximum Gasteiger partial charge on any atom is 0.353 e. The SMILES string of the molecule is CC(C(=N)C(=O)OC(C)(C)C)c1ccc(Br)cc1. The van der Waals surface area contributed by atoms with Crippen LogP contribution in [0.15, 0.2) is 28.7 Å². The number of rotatable bonds is 3. The summed E-state index contributed by atoms with van der Waals surface area (Å²) in [7, 11) is 0. The number of hydrogen-bond donors (Lipinski definition) is 1. The molecule has 0 spiro atoms. The van der Waals surface area contributed by atoms with Gasteiger partial charge in [0.2, 0.25) is 0 Å². The zero-order chi connectivity index (χ0) is 13.9. The normalized spacial score (nSPS) is 12.9. The predicted molar refractivity (Wildman–Crippen MR) is 76.1 cm³/mol. The largest absolute Gasteiger partial charge is 0.455 e. The highest BCUT2D eigenvalue weighted by Crippen LogP contribution is 2.21. The zero-order valence-corrected chi connectivity index (χ0v) is 12.7. The Bertz CT molecular complexity index is 446. The molecule has 0 amide bonds. The summed E-state index contributed by atoms with van der Waals surface area (Å²) in [6, 6.07) is 7.59. The van der Waals surface area contributed by atoms with Crippen molar-refractivity contribution in [3.63, 3.8) is 0 Å². The second kappa shape index (κ2) is 5.65. The summed E-state index contributed by atoms with van der Waals surface area (Å²) in [5, 5.41) is 7.89. The molecule has 0 aliphatic rings. The third-order valence-corrected chi connectivity index (χ3v) is 2.95. The van der Waals surface area contributed by atoms with E-state index in [4.69, 9.17) is 10.1 Å². The molecule has 0 aliphatic carbocycles. The average molecular weight is 312 g/mol. The van der Waals surface area contributed by atoms with Crippen LogP contribution in [0.5, 0.6) is 0 Å². The topological polar surface area (TPSA) is 50.2 Å². The van der Waals surface area contributed by atoms with Gasteiger partial charge in [-0.25, -0.2) is 4.79 Å². The summed E-state index contributed by atoms with van der Waals surface area (Å²) >= 11 is 3.35. The Morgan fingerprint density at radius 1 is 1.28 bits per heavy atom. The van der Waals surface area contributed by atoms with Crippen LogP contribution in [0.3, 0.4) is 0 Å². The fourth-order valence-electron chi connectivity index (χ4n) is 1.43. The molecular formula is C14H18BrNO2. The van der Waals surface area contributed by atoms with E-state index in [9.17, 15) is 4.79 Å². The molecule has 18 heavy (non-hydrogen) atoms. The third-order valence-electron chi connectivity index (χ3n) is 2.42. The van der Waals surface area contributed by atoms with Crippen LogP contribution >= 0.6 is 15.9 Å². The van der Waals surface area contributed by atoms with Crippen LogP contribution in [0, 0.1) is 5.41 Å². The number of ether oxygens (including phenoxy) is 1. The highest BCUT2D eigenvalue weighted by molar-refractivity contribution is 9.10. The van der Waals surface area contributed by atoms with Gasteiger partial charge >= 0.3 is 5.97 Å². The Morgan fingerprint density at radius 2 is 1.78 bits per heavy atom. The van der Waals surface area contributed by atoms with Gasteiger partial charge in [0.15, 0.2) is 0 Å². The molecule has 1 aromatic carbocycles. The Labute approximate surface area is 116 Å². The highest BCUT2D eigenvalue weighted by atomic mass is 79.9. The molecular weight excluding hydrogens is 294 g/mol. The van der Waals surface area contributed by atoms with Gasteiger partial charge in [-0.2, -0.15) is 0 Å². The smallest absolute Gasteiger partial charge is 0.353 e. The molecule has 0 saturated heterocycles. The van der Waals surface area contributed by atoms with Crippen LogP contribution < -0.4 is 0 Å². The minimum Gasteiger partial charge on any atom is -0.455 e. The lowest BCUT2D eigenvalue weighted by Crippen LogP contribution is -2.30. The van der Waals surface area contributed by atoms with Gasteiger partial charge in [-0.3, -0.25) is 5.41 Å². The molecule has 1 N–H and O–H groups in total. The molecule has 0 aromatic heterocycles. The van der Waals surface area contributed by atoms with Crippen molar-refractivity contribution in [2.45, 2.75) is 39.2 Å². The molecule has 0 fully saturated rings. The minimum absolute atomic E-state index is 0.0211. The zero-order valence-electron chi connectivity index (χ0n) is 11.1. The van der Waals surface area contributed by atoms with Gasteiger partial charge in [-0.1, -0.05) is 35.0 Å². The van der Waals surface area contributed by atoms with Crippen molar-refractivity contribution >= 4 is 27.6 Å². The third kappa shape index (κ3) is 4.26. The van der Waals surface area contributed by atoms with Gasteiger partial charge in [-0.15, -0.1) is 0 Å². The molecule has 1 atom stereocenters. The van der Waals surface area contributed by atoms with E-state index < -0.39 is 11.6 Å². The number of esters is 1. The minimum atomic E-state index is -0.567. The lowest BCUT2D eigenvalue weighted by Gasteiger charge is -2.21. The summed E-state index contributed by atoms with van der Waals surface area (Å²) < 4.78 is 6.17. The van der Waals surface area contributed by atoms with E-state index >= 15 is 0 Å². The van der Waals surface area contributed by atoms with E-state index in [1.807, 2.05) is 31.2 Å². The summed E-state index contributed by atoms with van der Waals surface area (Å²) in [6.45, 7) is 7.21. The van der Waals surface area contributed by atoms with Crippen molar-refractivity contribution in [2.24, 2.45) is 0 Å². The molecule has 0 heterocycles. The van der Waals surface area contributed by atoms with Crippen molar-refractivity contribution < 1.29 is 9.53 Å². The molecule has 0 radical (unpaired) electrons. The number of nitrogens with one attached hydrogen (secondary N) is 1. The van der Waals surface area contributed by atoms with Crippen LogP contribution in [0.1, 0.15) is 39.2 Å². The quantitative estimate of drug-likeness (QED) is 0.679. The van der Waals surface area contributed by atoms with Gasteiger partial charge in [0, 0.05) is 10.4 Å². The van der Waals surface area contributed by atoms with Gasteiger partial charge < -0.3 is 4.74 Å². The van der Waals surface area contributed by atoms with Crippen molar-refractivity contribution in [3.05, 3.63) is 34.3 Å². The molecule has 0 bridgehead atoms. The predicted octanol–water partition coefficient (Wildman–Crippen LogP) is 3.91. The van der Waals surface area contributed by atoms with E-state index in [1.54, 1.807) is 20.8 Å². The van der Waals surface area contributed by atoms with Gasteiger partial charge in [0.1, 0.15) is 11.3 Å². The number of carbonyl (C=O) groups excluding carboxylic acids is 1. The Morgan fingerprint density at radius 3 is 2.22 bits per heavy atom. The first-order valence-electron chi connectivity index (χ1n) is 5.78. The van der Waals surface area contributed by atoms with Crippen LogP contribution in [-0.2, 0) is 9.53 Å². The molecule has 4 heteroatoms. The molecule has 98 valence electrons. The molecule has 1 rings (SSSR count). The molecule has 1 unspecified atom stereocenters. The lowest BCUT2D eigenvalue weighted by molar-refractivity contribution is -0.146. The van der Waals surface area contributed by atoms with Crippen molar-refractivity contribution in [1.82, 2.24) is 0 Å². The van der Waals surface area contributed by atoms with Crippen molar-refractivity contribution in [1.29, 1.82) is 5.41 Å². The van der Waals surface area contributed by atoms with Gasteiger partial charge in [0.05, 0.1) is 0 Å². The van der Waals surface area contributed by atoms with Gasteiger partial charge in [0.25, 0.3) is 0 Å². The number of hydrogen-bond acceptors (Lipinski definition) is 3. The van der Waals surface area contributed by atoms with Crippen LogP contribution in [-0.4, -0.2) is 17.3 Å². The standard InChI is InChI=1S/C14H18BrNO2/c1-9(10-5-7-11(15)8-6-10)12(16)13(17)18-14(2,3)4/h5-9,16H,1-4H3. The Kier molecular flexibility index (Phi) is 4.68. The van der Waals surface area contributed by atoms with Crippen LogP contribution in [0.4, 0.5) is 0 Å². The molecule has 0 saturated carbocycles. The van der Waals surface area contributed by atoms with E-state index in [-0.39, 0.29) is 11.6 Å². The van der Waals surface area contributed by atoms with E-state index in [1.165, 1.54) is 0 Å². The molecule has 0 aliphatic heterocycles. The molecule has 1 aromatic rings. The Hall–Kier alpha value is -1.16. The lowest BCUT2D eigenvalue weighted by atomic mass is 9.96. The van der Waals surface area contributed by atoms with Crippen LogP contribution in [0.2, 0.25) is 0 Å². The second-order valence-electron chi connectivity index (χ2n) is 5.19. The average Bonchev–Trinajstić information content (AvgIpc) is 2.26. The summed E-state index contributed by atoms with van der Waals surface area (Å²) in [4.78, 5) is 11.8. The first-order valence-corrected chi connectivity index (χ1v) is 6.57. The monoisotopic (exact) mass is 311 g/mol. The number of halogens is 1. The van der Waals surface area contributed by atoms with E-state index in [2.05, 4.69) is 15.9 Å². The summed E-state index contributed by atoms with van der Waals surface area (Å²) in [6.07, 6.45) is 0. The van der Waals surface area contributed by atoms with E-state index in [0.717, 1.165) is 10.0 Å². The highest BCUT2D eigenvalue weighted by Gasteiger charge is 2.24. The maximum absolute atomic E-state index is 11.8. The fraction of sp³-hybridized carbons (Fsp3) is 0.429. The summed E-state index contributed by atoms with van der Waals surface area (Å²) in [5.74, 6) is -0.828. The first kappa shape index (κ1) is 14.9. The number of carbonyl (C=O) groups is 1. The van der Waals surface area contributed by atoms with Gasteiger partial charge in [-0.05, 0) is 38.5 Å². The number of benzene rings is 1. The van der Waals surface area contributed by atoms with Crippen molar-refractivity contribution in [3.8, 4) is 0 Å². The Balaban J connectivity index is 2.78. The molecule has 3 nitrogen and oxygen atoms in total. The van der Waals surface area contributed by atoms with Crippen LogP contribution in [0.25, 0.3) is 0 Å².